The topological polar surface area (TPSA) is 35.5 Å². The Balaban J connectivity index is 1.90. The van der Waals surface area contributed by atoms with Crippen LogP contribution in [0.5, 0.6) is 11.5 Å². The van der Waals surface area contributed by atoms with Crippen molar-refractivity contribution in [3.8, 4) is 11.5 Å². The molecule has 25 heavy (non-hydrogen) atoms. The summed E-state index contributed by atoms with van der Waals surface area (Å²) >= 11 is 0. The molecule has 0 spiro atoms. The van der Waals surface area contributed by atoms with Crippen molar-refractivity contribution in [1.82, 2.24) is 0 Å². The van der Waals surface area contributed by atoms with Crippen molar-refractivity contribution in [3.05, 3.63) is 64.4 Å². The largest absolute Gasteiger partial charge is 0.494 e. The average molecular weight is 336 g/mol. The summed E-state index contributed by atoms with van der Waals surface area (Å²) in [4.78, 5) is 12.7. The van der Waals surface area contributed by atoms with Gasteiger partial charge < -0.3 is 9.47 Å². The molecular weight excluding hydrogens is 312 g/mol. The number of ketones is 1. The van der Waals surface area contributed by atoms with Gasteiger partial charge in [0.1, 0.15) is 11.5 Å². The first kappa shape index (κ1) is 17.3. The van der Waals surface area contributed by atoms with E-state index in [4.69, 9.17) is 9.47 Å². The minimum absolute atomic E-state index is 0.0737. The van der Waals surface area contributed by atoms with Gasteiger partial charge >= 0.3 is 0 Å². The smallest absolute Gasteiger partial charge is 0.232 e. The SMILES string of the molecule is CCOc1cc(C)c2c(c1)O/C(=C\c1ccc(C(C)(C)C)cc1)C2=O. The van der Waals surface area contributed by atoms with Crippen LogP contribution in [0.15, 0.2) is 42.2 Å². The summed E-state index contributed by atoms with van der Waals surface area (Å²) in [6.07, 6.45) is 1.80. The van der Waals surface area contributed by atoms with E-state index in [0.717, 1.165) is 16.9 Å². The van der Waals surface area contributed by atoms with Gasteiger partial charge in [-0.05, 0) is 48.1 Å². The van der Waals surface area contributed by atoms with Crippen LogP contribution in [-0.2, 0) is 5.41 Å². The Kier molecular flexibility index (Phi) is 4.42. The highest BCUT2D eigenvalue weighted by Crippen LogP contribution is 2.37. The van der Waals surface area contributed by atoms with Gasteiger partial charge in [0.15, 0.2) is 5.76 Å². The van der Waals surface area contributed by atoms with Gasteiger partial charge in [-0.2, -0.15) is 0 Å². The van der Waals surface area contributed by atoms with Crippen LogP contribution in [0.3, 0.4) is 0 Å². The van der Waals surface area contributed by atoms with E-state index < -0.39 is 0 Å². The Hall–Kier alpha value is -2.55. The second-order valence-electron chi connectivity index (χ2n) is 7.36. The van der Waals surface area contributed by atoms with Crippen molar-refractivity contribution in [1.29, 1.82) is 0 Å². The Morgan fingerprint density at radius 3 is 2.40 bits per heavy atom. The molecule has 0 unspecified atom stereocenters. The second kappa shape index (κ2) is 6.40. The maximum Gasteiger partial charge on any atom is 0.232 e. The maximum absolute atomic E-state index is 12.7. The summed E-state index contributed by atoms with van der Waals surface area (Å²) in [6.45, 7) is 11.0. The van der Waals surface area contributed by atoms with Crippen LogP contribution in [0.1, 0.15) is 54.7 Å². The molecule has 0 amide bonds. The predicted molar refractivity (Wildman–Crippen MR) is 100 cm³/mol. The molecular formula is C22H24O3. The van der Waals surface area contributed by atoms with Crippen LogP contribution in [0, 0.1) is 6.92 Å². The fourth-order valence-corrected chi connectivity index (χ4v) is 2.96. The molecule has 3 heteroatoms. The van der Waals surface area contributed by atoms with Crippen LogP contribution >= 0.6 is 0 Å². The number of ether oxygens (including phenoxy) is 2. The van der Waals surface area contributed by atoms with E-state index in [2.05, 4.69) is 32.9 Å². The number of carbonyl (C=O) groups is 1. The Morgan fingerprint density at radius 2 is 1.80 bits per heavy atom. The van der Waals surface area contributed by atoms with Crippen molar-refractivity contribution in [3.63, 3.8) is 0 Å². The van der Waals surface area contributed by atoms with Crippen molar-refractivity contribution in [2.75, 3.05) is 6.61 Å². The normalized spacial score (nSPS) is 15.2. The molecule has 0 N–H and O–H groups in total. The standard InChI is InChI=1S/C22H24O3/c1-6-24-17-11-14(2)20-18(13-17)25-19(21(20)23)12-15-7-9-16(10-8-15)22(3,4)5/h7-13H,6H2,1-5H3/b19-12-. The summed E-state index contributed by atoms with van der Waals surface area (Å²) in [5.41, 5.74) is 3.81. The number of aryl methyl sites for hydroxylation is 1. The molecule has 0 saturated carbocycles. The zero-order chi connectivity index (χ0) is 18.2. The average Bonchev–Trinajstić information content (AvgIpc) is 2.84. The van der Waals surface area contributed by atoms with Gasteiger partial charge in [0, 0.05) is 6.07 Å². The molecule has 2 aromatic carbocycles. The third kappa shape index (κ3) is 3.46. The van der Waals surface area contributed by atoms with Gasteiger partial charge in [-0.15, -0.1) is 0 Å². The lowest BCUT2D eigenvalue weighted by Crippen LogP contribution is -2.10. The third-order valence-electron chi connectivity index (χ3n) is 4.33. The van der Waals surface area contributed by atoms with Crippen LogP contribution in [-0.4, -0.2) is 12.4 Å². The summed E-state index contributed by atoms with van der Waals surface area (Å²) in [5, 5.41) is 0. The van der Waals surface area contributed by atoms with Gasteiger partial charge in [-0.1, -0.05) is 45.0 Å². The van der Waals surface area contributed by atoms with E-state index in [1.54, 1.807) is 12.1 Å². The lowest BCUT2D eigenvalue weighted by Gasteiger charge is -2.18. The number of allylic oxidation sites excluding steroid dienone is 1. The van der Waals surface area contributed by atoms with E-state index in [0.29, 0.717) is 23.7 Å². The van der Waals surface area contributed by atoms with E-state index in [-0.39, 0.29) is 11.2 Å². The fourth-order valence-electron chi connectivity index (χ4n) is 2.96. The van der Waals surface area contributed by atoms with Crippen LogP contribution < -0.4 is 9.47 Å². The molecule has 0 radical (unpaired) electrons. The van der Waals surface area contributed by atoms with Gasteiger partial charge in [0.05, 0.1) is 12.2 Å². The highest BCUT2D eigenvalue weighted by Gasteiger charge is 2.30. The molecule has 1 aliphatic heterocycles. The molecule has 0 aromatic heterocycles. The molecule has 1 heterocycles. The quantitative estimate of drug-likeness (QED) is 0.713. The first-order valence-corrected chi connectivity index (χ1v) is 8.62. The summed E-state index contributed by atoms with van der Waals surface area (Å²) in [5.74, 6) is 1.58. The van der Waals surface area contributed by atoms with Crippen molar-refractivity contribution in [2.45, 2.75) is 40.0 Å². The first-order chi connectivity index (χ1) is 11.8. The molecule has 3 rings (SSSR count). The lowest BCUT2D eigenvalue weighted by molar-refractivity contribution is 0.101. The minimum atomic E-state index is -0.0737. The van der Waals surface area contributed by atoms with Crippen molar-refractivity contribution in [2.24, 2.45) is 0 Å². The molecule has 0 aliphatic carbocycles. The number of hydrogen-bond acceptors (Lipinski definition) is 3. The Bertz CT molecular complexity index is 837. The van der Waals surface area contributed by atoms with Gasteiger partial charge in [-0.25, -0.2) is 0 Å². The highest BCUT2D eigenvalue weighted by molar-refractivity contribution is 6.15. The van der Waals surface area contributed by atoms with Gasteiger partial charge in [0.25, 0.3) is 0 Å². The molecule has 130 valence electrons. The van der Waals surface area contributed by atoms with Crippen LogP contribution in [0.2, 0.25) is 0 Å². The van der Waals surface area contributed by atoms with Gasteiger partial charge in [-0.3, -0.25) is 4.79 Å². The molecule has 0 fully saturated rings. The second-order valence-corrected chi connectivity index (χ2v) is 7.36. The number of rotatable bonds is 3. The molecule has 0 saturated heterocycles. The molecule has 3 nitrogen and oxygen atoms in total. The first-order valence-electron chi connectivity index (χ1n) is 8.62. The summed E-state index contributed by atoms with van der Waals surface area (Å²) in [7, 11) is 0. The minimum Gasteiger partial charge on any atom is -0.494 e. The Labute approximate surface area is 149 Å². The maximum atomic E-state index is 12.7. The van der Waals surface area contributed by atoms with Gasteiger partial charge in [0.2, 0.25) is 5.78 Å². The lowest BCUT2D eigenvalue weighted by atomic mass is 9.86. The monoisotopic (exact) mass is 336 g/mol. The van der Waals surface area contributed by atoms with E-state index >= 15 is 0 Å². The molecule has 0 bridgehead atoms. The van der Waals surface area contributed by atoms with E-state index in [1.807, 2.05) is 32.0 Å². The highest BCUT2D eigenvalue weighted by atomic mass is 16.5. The van der Waals surface area contributed by atoms with E-state index in [9.17, 15) is 4.79 Å². The number of carbonyl (C=O) groups excluding carboxylic acids is 1. The fraction of sp³-hybridized carbons (Fsp3) is 0.318. The summed E-state index contributed by atoms with van der Waals surface area (Å²) < 4.78 is 11.4. The van der Waals surface area contributed by atoms with Crippen molar-refractivity contribution >= 4 is 11.9 Å². The zero-order valence-corrected chi connectivity index (χ0v) is 15.5. The predicted octanol–water partition coefficient (Wildman–Crippen LogP) is 5.31. The number of fused-ring (bicyclic) bond motifs is 1. The number of hydrogen-bond donors (Lipinski definition) is 0. The van der Waals surface area contributed by atoms with Crippen LogP contribution in [0.4, 0.5) is 0 Å². The molecule has 2 aromatic rings. The van der Waals surface area contributed by atoms with Crippen LogP contribution in [0.25, 0.3) is 6.08 Å². The van der Waals surface area contributed by atoms with Crippen molar-refractivity contribution < 1.29 is 14.3 Å². The van der Waals surface area contributed by atoms with E-state index in [1.165, 1.54) is 5.56 Å². The molecule has 1 aliphatic rings. The Morgan fingerprint density at radius 1 is 1.12 bits per heavy atom. The molecule has 0 atom stereocenters. The zero-order valence-electron chi connectivity index (χ0n) is 15.5. The number of benzene rings is 2. The third-order valence-corrected chi connectivity index (χ3v) is 4.33. The number of Topliss-reactive ketones (excluding diaryl/α,β-unsaturated/α-hetero) is 1. The summed E-state index contributed by atoms with van der Waals surface area (Å²) in [6, 6.07) is 11.9.